The van der Waals surface area contributed by atoms with E-state index >= 15 is 0 Å². The van der Waals surface area contributed by atoms with Crippen molar-refractivity contribution >= 4 is 71.4 Å². The molecule has 58 heavy (non-hydrogen) atoms. The fourth-order valence-corrected chi connectivity index (χ4v) is 9.12. The number of furan rings is 2. The predicted molar refractivity (Wildman–Crippen MR) is 238 cm³/mol. The number of aliphatic imine (C=N–C) groups is 1. The molecule has 5 nitrogen and oxygen atoms in total. The molecule has 0 fully saturated rings. The molecule has 11 aromatic rings. The van der Waals surface area contributed by atoms with Gasteiger partial charge in [-0.15, -0.1) is 0 Å². The molecule has 274 valence electrons. The lowest BCUT2D eigenvalue weighted by atomic mass is 9.89. The highest BCUT2D eigenvalue weighted by Gasteiger charge is 2.31. The Labute approximate surface area is 333 Å². The van der Waals surface area contributed by atoms with E-state index in [2.05, 4.69) is 174 Å². The zero-order chi connectivity index (χ0) is 38.3. The third-order valence-corrected chi connectivity index (χ3v) is 11.9. The summed E-state index contributed by atoms with van der Waals surface area (Å²) in [4.78, 5) is 5.42. The summed E-state index contributed by atoms with van der Waals surface area (Å²) in [5.41, 5.74) is 13.7. The zero-order valence-corrected chi connectivity index (χ0v) is 31.4. The first-order chi connectivity index (χ1) is 28.7. The third kappa shape index (κ3) is 4.97. The summed E-state index contributed by atoms with van der Waals surface area (Å²) < 4.78 is 15.8. The topological polar surface area (TPSA) is 55.6 Å². The Bertz CT molecular complexity index is 3460. The number of hydrogen-bond donors (Lipinski definition) is 1. The van der Waals surface area contributed by atoms with Crippen molar-refractivity contribution in [2.24, 2.45) is 4.99 Å². The molecule has 0 amide bonds. The van der Waals surface area contributed by atoms with Crippen molar-refractivity contribution in [1.82, 2.24) is 9.88 Å². The van der Waals surface area contributed by atoms with Gasteiger partial charge in [0.1, 0.15) is 22.9 Å². The largest absolute Gasteiger partial charge is 0.455 e. The quantitative estimate of drug-likeness (QED) is 0.191. The molecular weight excluding hydrogens is 711 g/mol. The van der Waals surface area contributed by atoms with E-state index in [0.29, 0.717) is 0 Å². The summed E-state index contributed by atoms with van der Waals surface area (Å²) in [5.74, 6) is 0. The number of rotatable bonds is 5. The van der Waals surface area contributed by atoms with Gasteiger partial charge in [0.25, 0.3) is 0 Å². The highest BCUT2D eigenvalue weighted by atomic mass is 16.3. The first-order valence-electron chi connectivity index (χ1n) is 19.7. The lowest BCUT2D eigenvalue weighted by Gasteiger charge is -2.32. The summed E-state index contributed by atoms with van der Waals surface area (Å²) >= 11 is 0. The van der Waals surface area contributed by atoms with E-state index in [-0.39, 0.29) is 12.2 Å². The summed E-state index contributed by atoms with van der Waals surface area (Å²) in [6.45, 7) is 4.64. The van der Waals surface area contributed by atoms with Crippen molar-refractivity contribution in [3.8, 4) is 16.8 Å². The first kappa shape index (κ1) is 32.7. The van der Waals surface area contributed by atoms with E-state index in [4.69, 9.17) is 13.8 Å². The van der Waals surface area contributed by atoms with Crippen molar-refractivity contribution in [3.63, 3.8) is 0 Å². The maximum Gasteiger partial charge on any atom is 0.159 e. The van der Waals surface area contributed by atoms with Gasteiger partial charge in [0.2, 0.25) is 0 Å². The normalized spacial score (nSPS) is 16.0. The van der Waals surface area contributed by atoms with Crippen molar-refractivity contribution in [2.45, 2.75) is 12.2 Å². The van der Waals surface area contributed by atoms with Gasteiger partial charge in [-0.25, -0.2) is 0 Å². The Kier molecular flexibility index (Phi) is 7.22. The lowest BCUT2D eigenvalue weighted by molar-refractivity contribution is 0.487. The van der Waals surface area contributed by atoms with Crippen LogP contribution in [-0.2, 0) is 0 Å². The maximum atomic E-state index is 6.96. The van der Waals surface area contributed by atoms with Gasteiger partial charge in [-0.1, -0.05) is 152 Å². The van der Waals surface area contributed by atoms with Gasteiger partial charge in [0, 0.05) is 37.9 Å². The van der Waals surface area contributed by atoms with Crippen LogP contribution in [0.2, 0.25) is 0 Å². The molecule has 8 aromatic carbocycles. The molecule has 0 radical (unpaired) electrons. The van der Waals surface area contributed by atoms with Crippen LogP contribution in [0.4, 0.5) is 0 Å². The zero-order valence-electron chi connectivity index (χ0n) is 31.4. The number of hydrogen-bond acceptors (Lipinski definition) is 4. The molecule has 3 aromatic heterocycles. The first-order valence-corrected chi connectivity index (χ1v) is 19.7. The van der Waals surface area contributed by atoms with Crippen molar-refractivity contribution < 1.29 is 8.83 Å². The van der Waals surface area contributed by atoms with E-state index in [9.17, 15) is 0 Å². The van der Waals surface area contributed by atoms with Gasteiger partial charge in [-0.2, -0.15) is 0 Å². The number of fused-ring (bicyclic) bond motifs is 9. The van der Waals surface area contributed by atoms with Gasteiger partial charge < -0.3 is 13.4 Å². The van der Waals surface area contributed by atoms with Crippen molar-refractivity contribution in [1.29, 1.82) is 0 Å². The summed E-state index contributed by atoms with van der Waals surface area (Å²) in [6.07, 6.45) is -0.379. The Morgan fingerprint density at radius 3 is 2.00 bits per heavy atom. The molecule has 12 rings (SSSR count). The molecule has 4 heterocycles. The summed E-state index contributed by atoms with van der Waals surface area (Å²) in [5, 5.41) is 10.5. The minimum absolute atomic E-state index is 0.174. The van der Waals surface area contributed by atoms with Crippen LogP contribution in [0, 0.1) is 0 Å². The Morgan fingerprint density at radius 2 is 1.14 bits per heavy atom. The van der Waals surface area contributed by atoms with Gasteiger partial charge in [-0.05, 0) is 64.2 Å². The average Bonchev–Trinajstić information content (AvgIpc) is 3.96. The SMILES string of the molecule is C=C1C(c2cccc3c2oc2ccccc23)=NC(c2ccc3c(c2)oc2c(-n4c5ccccc5c5ccc(-c6ccccc6)cc54)cccc23)NC1c1ccccc1. The van der Waals surface area contributed by atoms with E-state index in [1.807, 2.05) is 24.3 Å². The van der Waals surface area contributed by atoms with E-state index in [1.54, 1.807) is 0 Å². The monoisotopic (exact) mass is 745 g/mol. The molecule has 0 bridgehead atoms. The number of nitrogens with zero attached hydrogens (tertiary/aromatic N) is 2. The van der Waals surface area contributed by atoms with Crippen LogP contribution in [0.5, 0.6) is 0 Å². The predicted octanol–water partition coefficient (Wildman–Crippen LogP) is 13.6. The van der Waals surface area contributed by atoms with Crippen molar-refractivity contribution in [2.75, 3.05) is 0 Å². The molecule has 2 atom stereocenters. The van der Waals surface area contributed by atoms with E-state index < -0.39 is 0 Å². The highest BCUT2D eigenvalue weighted by Crippen LogP contribution is 2.42. The second-order valence-corrected chi connectivity index (χ2v) is 15.2. The van der Waals surface area contributed by atoms with Crippen LogP contribution < -0.4 is 5.32 Å². The lowest BCUT2D eigenvalue weighted by Crippen LogP contribution is -2.34. The fraction of sp³-hybridized carbons (Fsp3) is 0.0377. The minimum atomic E-state index is -0.379. The van der Waals surface area contributed by atoms with Crippen LogP contribution in [0.3, 0.4) is 0 Å². The Morgan fingerprint density at radius 1 is 0.483 bits per heavy atom. The minimum Gasteiger partial charge on any atom is -0.455 e. The van der Waals surface area contributed by atoms with Gasteiger partial charge in [0.15, 0.2) is 5.58 Å². The maximum absolute atomic E-state index is 6.96. The number of para-hydroxylation sites is 4. The molecule has 0 saturated carbocycles. The van der Waals surface area contributed by atoms with Crippen LogP contribution in [0.1, 0.15) is 28.9 Å². The van der Waals surface area contributed by atoms with Crippen LogP contribution >= 0.6 is 0 Å². The van der Waals surface area contributed by atoms with Crippen LogP contribution in [0.15, 0.2) is 208 Å². The van der Waals surface area contributed by atoms with Gasteiger partial charge >= 0.3 is 0 Å². The number of nitrogens with one attached hydrogen (secondary N) is 1. The van der Waals surface area contributed by atoms with Crippen molar-refractivity contribution in [3.05, 3.63) is 211 Å². The molecule has 0 saturated heterocycles. The molecule has 5 heteroatoms. The van der Waals surface area contributed by atoms with Crippen LogP contribution in [-0.4, -0.2) is 10.3 Å². The molecule has 1 aliphatic rings. The molecule has 1 N–H and O–H groups in total. The molecule has 1 aliphatic heterocycles. The van der Waals surface area contributed by atoms with E-state index in [0.717, 1.165) is 88.6 Å². The third-order valence-electron chi connectivity index (χ3n) is 11.9. The molecule has 0 spiro atoms. The van der Waals surface area contributed by atoms with Gasteiger partial charge in [0.05, 0.1) is 28.5 Å². The van der Waals surface area contributed by atoms with Gasteiger partial charge in [-0.3, -0.25) is 10.3 Å². The van der Waals surface area contributed by atoms with E-state index in [1.165, 1.54) is 21.9 Å². The fourth-order valence-electron chi connectivity index (χ4n) is 9.12. The second kappa shape index (κ2) is 12.8. The summed E-state index contributed by atoms with van der Waals surface area (Å²) in [6, 6.07) is 63.7. The number of benzene rings is 8. The second-order valence-electron chi connectivity index (χ2n) is 15.2. The standard InChI is InChI=1S/C53H35N3O2/c1-32-49(34-16-6-3-7-17-34)54-53(55-50(32)43-22-12-20-41-39-19-9-11-25-47(39)57-51(41)43)36-27-29-40-42-21-13-24-45(52(42)58-48(40)31-36)56-44-23-10-8-18-37(44)38-28-26-35(30-46(38)56)33-14-4-2-5-15-33/h2-31,49,53-54H,1H2. The molecular formula is C53H35N3O2. The Hall–Kier alpha value is -7.47. The molecule has 2 unspecified atom stereocenters. The smallest absolute Gasteiger partial charge is 0.159 e. The Balaban J connectivity index is 1.03. The van der Waals surface area contributed by atoms with Crippen LogP contribution in [0.25, 0.3) is 82.5 Å². The number of aromatic nitrogens is 1. The average molecular weight is 746 g/mol. The highest BCUT2D eigenvalue weighted by molar-refractivity contribution is 6.22. The molecule has 0 aliphatic carbocycles. The summed E-state index contributed by atoms with van der Waals surface area (Å²) in [7, 11) is 0.